The molecule has 13 rings (SSSR count). The van der Waals surface area contributed by atoms with Crippen molar-refractivity contribution in [2.45, 2.75) is 123 Å². The molecule has 4 aliphatic rings. The average Bonchev–Trinajstić information content (AvgIpc) is 3.97. The molecule has 0 radical (unpaired) electrons. The summed E-state index contributed by atoms with van der Waals surface area (Å²) in [5.74, 6) is 0. The lowest BCUT2D eigenvalue weighted by Crippen LogP contribution is -2.61. The third kappa shape index (κ3) is 5.86. The van der Waals surface area contributed by atoms with E-state index in [2.05, 4.69) is 192 Å². The first-order chi connectivity index (χ1) is 32.9. The maximum atomic E-state index is 7.45. The molecule has 4 nitrogen and oxygen atoms in total. The lowest BCUT2D eigenvalue weighted by Gasteiger charge is -2.45. The number of hydrogen-bond acceptors (Lipinski definition) is 4. The molecule has 0 fully saturated rings. The van der Waals surface area contributed by atoms with E-state index >= 15 is 0 Å². The quantitative estimate of drug-likeness (QED) is 0.142. The number of unbranched alkanes of at least 4 members (excludes halogenated alkanes) is 2. The predicted octanol–water partition coefficient (Wildman–Crippen LogP) is 16.4. The summed E-state index contributed by atoms with van der Waals surface area (Å²) in [5.41, 5.74) is 24.3. The van der Waals surface area contributed by atoms with E-state index in [9.17, 15) is 0 Å². The minimum atomic E-state index is -0.275. The molecule has 0 amide bonds. The van der Waals surface area contributed by atoms with Gasteiger partial charge in [0.1, 0.15) is 22.4 Å². The highest BCUT2D eigenvalue weighted by molar-refractivity contribution is 6.93. The van der Waals surface area contributed by atoms with Crippen molar-refractivity contribution in [2.24, 2.45) is 0 Å². The Morgan fingerprint density at radius 1 is 0.529 bits per heavy atom. The molecule has 2 aromatic heterocycles. The summed E-state index contributed by atoms with van der Waals surface area (Å²) in [6.07, 6.45) is 9.11. The topological polar surface area (TPSA) is 32.8 Å². The molecule has 0 saturated heterocycles. The maximum Gasteiger partial charge on any atom is 0.375 e. The molecule has 68 heavy (non-hydrogen) atoms. The molecule has 2 aliphatic heterocycles. The first-order valence-corrected chi connectivity index (χ1v) is 25.5. The van der Waals surface area contributed by atoms with E-state index < -0.39 is 0 Å². The van der Waals surface area contributed by atoms with E-state index in [-0.39, 0.29) is 23.1 Å². The van der Waals surface area contributed by atoms with E-state index in [0.717, 1.165) is 83.7 Å². The fourth-order valence-corrected chi connectivity index (χ4v) is 13.0. The summed E-state index contributed by atoms with van der Waals surface area (Å²) in [6.45, 7) is 18.9. The second-order valence-electron chi connectivity index (χ2n) is 22.4. The van der Waals surface area contributed by atoms with Crippen molar-refractivity contribution in [3.8, 4) is 22.3 Å². The number of hydrogen-bond donors (Lipinski definition) is 0. The van der Waals surface area contributed by atoms with Crippen molar-refractivity contribution in [3.05, 3.63) is 161 Å². The number of nitrogens with zero attached hydrogens (tertiary/aromatic N) is 2. The van der Waals surface area contributed by atoms with Gasteiger partial charge < -0.3 is 18.5 Å². The van der Waals surface area contributed by atoms with Crippen LogP contribution in [0.4, 0.5) is 28.4 Å². The van der Waals surface area contributed by atoms with Crippen LogP contribution in [0.25, 0.3) is 55.2 Å². The van der Waals surface area contributed by atoms with Gasteiger partial charge in [-0.2, -0.15) is 0 Å². The van der Waals surface area contributed by atoms with Gasteiger partial charge in [0, 0.05) is 56.0 Å². The molecule has 0 saturated carbocycles. The molecular formula is C63H61BN2O2. The van der Waals surface area contributed by atoms with Crippen molar-refractivity contribution < 1.29 is 8.83 Å². The second-order valence-corrected chi connectivity index (χ2v) is 22.4. The van der Waals surface area contributed by atoms with Crippen LogP contribution >= 0.6 is 0 Å². The van der Waals surface area contributed by atoms with Gasteiger partial charge in [-0.1, -0.05) is 129 Å². The smallest absolute Gasteiger partial charge is 0.375 e. The Morgan fingerprint density at radius 2 is 1.19 bits per heavy atom. The summed E-state index contributed by atoms with van der Waals surface area (Å²) in [5, 5.41) is 3.54. The zero-order valence-corrected chi connectivity index (χ0v) is 41.1. The first kappa shape index (κ1) is 41.7. The van der Waals surface area contributed by atoms with Gasteiger partial charge in [0.05, 0.1) is 5.69 Å². The zero-order valence-electron chi connectivity index (χ0n) is 41.1. The Hall–Kier alpha value is -6.46. The van der Waals surface area contributed by atoms with Gasteiger partial charge in [-0.15, -0.1) is 0 Å². The summed E-state index contributed by atoms with van der Waals surface area (Å²) in [4.78, 5) is 5.16. The Kier molecular flexibility index (Phi) is 9.06. The number of anilines is 5. The Morgan fingerprint density at radius 3 is 1.94 bits per heavy atom. The average molecular weight is 889 g/mol. The second kappa shape index (κ2) is 14.8. The number of furan rings is 2. The number of rotatable bonds is 8. The molecule has 0 N–H and O–H groups in total. The third-order valence-corrected chi connectivity index (χ3v) is 16.8. The Balaban J connectivity index is 1.18. The Bertz CT molecular complexity index is 3530. The molecular weight excluding hydrogens is 828 g/mol. The van der Waals surface area contributed by atoms with Gasteiger partial charge in [0.15, 0.2) is 0 Å². The summed E-state index contributed by atoms with van der Waals surface area (Å²) in [7, 11) is 0. The van der Waals surface area contributed by atoms with Gasteiger partial charge >= 0.3 is 6.85 Å². The summed E-state index contributed by atoms with van der Waals surface area (Å²) < 4.78 is 14.6. The van der Waals surface area contributed by atoms with Crippen LogP contribution in [0.15, 0.2) is 136 Å². The summed E-state index contributed by atoms with van der Waals surface area (Å²) >= 11 is 0. The van der Waals surface area contributed by atoms with Crippen molar-refractivity contribution in [3.63, 3.8) is 0 Å². The van der Waals surface area contributed by atoms with Crippen LogP contribution in [0.1, 0.15) is 127 Å². The SMILES string of the molecule is CCCCc1ccc(N2c3cc4c(c5c3B(c3oc6ccc(CCCC)cc6c32)N(c2ccccc2)c2cc3oc6cc7c(cc6c3cc2-5)C(C)(C)CCC7(C)C)C(C)(C)c2ccccc2-4)cc1. The van der Waals surface area contributed by atoms with Gasteiger partial charge in [-0.3, -0.25) is 0 Å². The first-order valence-electron chi connectivity index (χ1n) is 25.5. The van der Waals surface area contributed by atoms with E-state index in [1.807, 2.05) is 0 Å². The van der Waals surface area contributed by atoms with Crippen molar-refractivity contribution in [2.75, 3.05) is 9.71 Å². The Labute approximate surface area is 402 Å². The highest BCUT2D eigenvalue weighted by Gasteiger charge is 2.52. The molecule has 2 aliphatic carbocycles. The van der Waals surface area contributed by atoms with Crippen LogP contribution in [0.3, 0.4) is 0 Å². The van der Waals surface area contributed by atoms with Crippen LogP contribution < -0.4 is 20.8 Å². The van der Waals surface area contributed by atoms with Gasteiger partial charge in [-0.25, -0.2) is 0 Å². The zero-order chi connectivity index (χ0) is 46.4. The minimum Gasteiger partial charge on any atom is -0.466 e. The van der Waals surface area contributed by atoms with Crippen LogP contribution in [-0.4, -0.2) is 6.85 Å². The van der Waals surface area contributed by atoms with Crippen molar-refractivity contribution >= 4 is 79.3 Å². The number of para-hydroxylation sites is 1. The summed E-state index contributed by atoms with van der Waals surface area (Å²) in [6, 6.07) is 48.9. The highest BCUT2D eigenvalue weighted by Crippen LogP contribution is 2.59. The normalized spacial score (nSPS) is 16.7. The molecule has 0 bridgehead atoms. The third-order valence-electron chi connectivity index (χ3n) is 16.8. The van der Waals surface area contributed by atoms with Crippen molar-refractivity contribution in [1.82, 2.24) is 0 Å². The fourth-order valence-electron chi connectivity index (χ4n) is 13.0. The lowest BCUT2D eigenvalue weighted by molar-refractivity contribution is 0.332. The van der Waals surface area contributed by atoms with Crippen LogP contribution in [0, 0.1) is 0 Å². The molecule has 0 atom stereocenters. The lowest BCUT2D eigenvalue weighted by atomic mass is 9.45. The van der Waals surface area contributed by atoms with E-state index in [1.165, 1.54) is 95.8 Å². The maximum absolute atomic E-state index is 7.45. The molecule has 0 spiro atoms. The largest absolute Gasteiger partial charge is 0.466 e. The number of aryl methyl sites for hydroxylation is 2. The molecule has 0 unspecified atom stereocenters. The van der Waals surface area contributed by atoms with E-state index in [1.54, 1.807) is 0 Å². The van der Waals surface area contributed by atoms with Crippen LogP contribution in [0.5, 0.6) is 0 Å². The monoisotopic (exact) mass is 888 g/mol. The number of fused-ring (bicyclic) bond motifs is 14. The van der Waals surface area contributed by atoms with Crippen molar-refractivity contribution in [1.29, 1.82) is 0 Å². The molecule has 9 aromatic rings. The van der Waals surface area contributed by atoms with E-state index in [0.29, 0.717) is 0 Å². The van der Waals surface area contributed by atoms with Gasteiger partial charge in [-0.05, 0) is 166 Å². The number of benzene rings is 7. The van der Waals surface area contributed by atoms with E-state index in [4.69, 9.17) is 8.83 Å². The molecule has 5 heteroatoms. The van der Waals surface area contributed by atoms with Crippen LogP contribution in [-0.2, 0) is 29.1 Å². The molecule has 338 valence electrons. The van der Waals surface area contributed by atoms with Gasteiger partial charge in [0.2, 0.25) is 0 Å². The van der Waals surface area contributed by atoms with Gasteiger partial charge in [0.25, 0.3) is 0 Å². The standard InChI is InChI=1S/C63H61BN2O2/c1-9-11-18-38-24-27-40(28-25-38)65-52-35-45-42-22-16-17-23-48(42)63(7,8)57(45)56-46-33-43-44-34-49-50(62(5,6)31-30-61(49,3)4)36-54(44)67-55(43)37-51(46)66(41-20-14-13-15-21-41)64(58(52)56)60-59(65)47-32-39(19-12-10-2)26-29-53(47)68-60/h13-17,20-29,32-37H,9-12,18-19,30-31H2,1-8H3. The minimum absolute atomic E-state index is 0.0714. The fraction of sp³-hybridized carbons (Fsp3) is 0.302. The molecule has 7 aromatic carbocycles. The highest BCUT2D eigenvalue weighted by atomic mass is 16.3. The predicted molar refractivity (Wildman–Crippen MR) is 287 cm³/mol. The van der Waals surface area contributed by atoms with Crippen LogP contribution in [0.2, 0.25) is 0 Å². The molecule has 4 heterocycles.